The van der Waals surface area contributed by atoms with E-state index in [1.165, 1.54) is 6.07 Å². The summed E-state index contributed by atoms with van der Waals surface area (Å²) >= 11 is 6.38. The zero-order chi connectivity index (χ0) is 17.8. The first-order chi connectivity index (χ1) is 12.1. The number of esters is 1. The fourth-order valence-corrected chi connectivity index (χ4v) is 2.76. The second-order valence-corrected chi connectivity index (χ2v) is 5.89. The van der Waals surface area contributed by atoms with Crippen molar-refractivity contribution in [1.29, 1.82) is 0 Å². The minimum absolute atomic E-state index is 0.00914. The molecule has 25 heavy (non-hydrogen) atoms. The van der Waals surface area contributed by atoms with Gasteiger partial charge in [0.25, 0.3) is 0 Å². The van der Waals surface area contributed by atoms with Gasteiger partial charge in [0.15, 0.2) is 0 Å². The number of hydrogen-bond acceptors (Lipinski definition) is 3. The predicted molar refractivity (Wildman–Crippen MR) is 93.2 cm³/mol. The van der Waals surface area contributed by atoms with Gasteiger partial charge in [0, 0.05) is 5.56 Å². The molecular formula is C19H16ClFN2O2. The van der Waals surface area contributed by atoms with E-state index in [0.717, 1.165) is 5.69 Å². The minimum Gasteiger partial charge on any atom is -0.460 e. The Labute approximate surface area is 149 Å². The Morgan fingerprint density at radius 2 is 1.84 bits per heavy atom. The van der Waals surface area contributed by atoms with Gasteiger partial charge in [-0.3, -0.25) is 4.79 Å². The molecule has 6 heteroatoms. The van der Waals surface area contributed by atoms with E-state index in [0.29, 0.717) is 22.0 Å². The first-order valence-electron chi connectivity index (χ1n) is 7.74. The van der Waals surface area contributed by atoms with Crippen LogP contribution in [-0.2, 0) is 22.6 Å². The monoisotopic (exact) mass is 358 g/mol. The zero-order valence-corrected chi connectivity index (χ0v) is 14.3. The van der Waals surface area contributed by atoms with Crippen LogP contribution >= 0.6 is 11.6 Å². The van der Waals surface area contributed by atoms with Gasteiger partial charge in [-0.15, -0.1) is 0 Å². The van der Waals surface area contributed by atoms with Gasteiger partial charge in [0.05, 0.1) is 17.8 Å². The molecule has 0 amide bonds. The maximum atomic E-state index is 13.6. The van der Waals surface area contributed by atoms with Crippen molar-refractivity contribution >= 4 is 17.6 Å². The van der Waals surface area contributed by atoms with Crippen LogP contribution in [0.15, 0.2) is 54.6 Å². The quantitative estimate of drug-likeness (QED) is 0.640. The highest BCUT2D eigenvalue weighted by Gasteiger charge is 2.17. The molecule has 3 rings (SSSR count). The number of nitrogens with zero attached hydrogens (tertiary/aromatic N) is 2. The average Bonchev–Trinajstić information content (AvgIpc) is 2.90. The van der Waals surface area contributed by atoms with Crippen LogP contribution in [0, 0.1) is 12.7 Å². The zero-order valence-electron chi connectivity index (χ0n) is 13.6. The van der Waals surface area contributed by atoms with E-state index in [1.54, 1.807) is 29.8 Å². The topological polar surface area (TPSA) is 44.1 Å². The Morgan fingerprint density at radius 3 is 2.56 bits per heavy atom. The van der Waals surface area contributed by atoms with Crippen molar-refractivity contribution in [2.45, 2.75) is 20.0 Å². The normalized spacial score (nSPS) is 10.7. The lowest BCUT2D eigenvalue weighted by Crippen LogP contribution is -2.09. The Kier molecular flexibility index (Phi) is 5.14. The lowest BCUT2D eigenvalue weighted by molar-refractivity contribution is -0.144. The van der Waals surface area contributed by atoms with E-state index in [4.69, 9.17) is 16.3 Å². The van der Waals surface area contributed by atoms with E-state index >= 15 is 0 Å². The highest BCUT2D eigenvalue weighted by Crippen LogP contribution is 2.24. The van der Waals surface area contributed by atoms with Crippen LogP contribution in [0.5, 0.6) is 0 Å². The summed E-state index contributed by atoms with van der Waals surface area (Å²) < 4.78 is 20.4. The van der Waals surface area contributed by atoms with Crippen molar-refractivity contribution in [1.82, 2.24) is 9.78 Å². The second kappa shape index (κ2) is 7.49. The summed E-state index contributed by atoms with van der Waals surface area (Å²) in [5.41, 5.74) is 2.43. The van der Waals surface area contributed by atoms with Crippen LogP contribution in [0.25, 0.3) is 5.69 Å². The number of aryl methyl sites for hydroxylation is 1. The summed E-state index contributed by atoms with van der Waals surface area (Å²) in [5.74, 6) is -0.946. The lowest BCUT2D eigenvalue weighted by Gasteiger charge is -2.06. The average molecular weight is 359 g/mol. The molecule has 0 spiro atoms. The van der Waals surface area contributed by atoms with Crippen LogP contribution in [-0.4, -0.2) is 15.7 Å². The number of halogens is 2. The molecule has 3 aromatic rings. The van der Waals surface area contributed by atoms with E-state index in [-0.39, 0.29) is 13.0 Å². The van der Waals surface area contributed by atoms with Crippen LogP contribution in [0.3, 0.4) is 0 Å². The Balaban J connectivity index is 1.70. The van der Waals surface area contributed by atoms with Crippen molar-refractivity contribution in [3.8, 4) is 5.69 Å². The number of carbonyl (C=O) groups excluding carboxylic acids is 1. The molecule has 0 unspecified atom stereocenters. The SMILES string of the molecule is Cc1nn(-c2ccccc2)c(Cl)c1COC(=O)Cc1ccccc1F. The number of rotatable bonds is 5. The molecule has 0 aliphatic carbocycles. The molecular weight excluding hydrogens is 343 g/mol. The number of benzene rings is 2. The second-order valence-electron chi connectivity index (χ2n) is 5.53. The predicted octanol–water partition coefficient (Wildman–Crippen LogP) is 4.26. The Morgan fingerprint density at radius 1 is 1.16 bits per heavy atom. The van der Waals surface area contributed by atoms with Gasteiger partial charge >= 0.3 is 5.97 Å². The van der Waals surface area contributed by atoms with Crippen LogP contribution in [0.1, 0.15) is 16.8 Å². The van der Waals surface area contributed by atoms with Gasteiger partial charge < -0.3 is 4.74 Å². The van der Waals surface area contributed by atoms with Crippen molar-refractivity contribution in [3.05, 3.63) is 82.4 Å². The van der Waals surface area contributed by atoms with Crippen LogP contribution in [0.4, 0.5) is 4.39 Å². The molecule has 0 aliphatic heterocycles. The van der Waals surface area contributed by atoms with Gasteiger partial charge in [0.2, 0.25) is 0 Å². The summed E-state index contributed by atoms with van der Waals surface area (Å²) in [6.07, 6.45) is -0.129. The molecule has 0 N–H and O–H groups in total. The van der Waals surface area contributed by atoms with Gasteiger partial charge in [-0.1, -0.05) is 48.0 Å². The number of hydrogen-bond donors (Lipinski definition) is 0. The molecule has 0 aliphatic rings. The molecule has 0 atom stereocenters. The summed E-state index contributed by atoms with van der Waals surface area (Å²) in [6.45, 7) is 1.79. The highest BCUT2D eigenvalue weighted by atomic mass is 35.5. The molecule has 0 bridgehead atoms. The Bertz CT molecular complexity index is 894. The molecule has 0 saturated heterocycles. The highest BCUT2D eigenvalue weighted by molar-refractivity contribution is 6.30. The smallest absolute Gasteiger partial charge is 0.310 e. The maximum absolute atomic E-state index is 13.6. The fraction of sp³-hybridized carbons (Fsp3) is 0.158. The van der Waals surface area contributed by atoms with E-state index in [9.17, 15) is 9.18 Å². The van der Waals surface area contributed by atoms with Crippen molar-refractivity contribution in [3.63, 3.8) is 0 Å². The maximum Gasteiger partial charge on any atom is 0.310 e. The van der Waals surface area contributed by atoms with Gasteiger partial charge in [0.1, 0.15) is 17.6 Å². The summed E-state index contributed by atoms with van der Waals surface area (Å²) in [6, 6.07) is 15.6. The minimum atomic E-state index is -0.520. The largest absolute Gasteiger partial charge is 0.460 e. The van der Waals surface area contributed by atoms with Crippen LogP contribution < -0.4 is 0 Å². The number of aromatic nitrogens is 2. The third-order valence-electron chi connectivity index (χ3n) is 3.79. The molecule has 0 saturated carbocycles. The molecule has 0 fully saturated rings. The van der Waals surface area contributed by atoms with Crippen molar-refractivity contribution < 1.29 is 13.9 Å². The lowest BCUT2D eigenvalue weighted by atomic mass is 10.1. The summed E-state index contributed by atoms with van der Waals surface area (Å²) in [7, 11) is 0. The van der Waals surface area contributed by atoms with Gasteiger partial charge in [-0.25, -0.2) is 9.07 Å². The molecule has 2 aromatic carbocycles. The first-order valence-corrected chi connectivity index (χ1v) is 8.12. The van der Waals surface area contributed by atoms with Crippen LogP contribution in [0.2, 0.25) is 5.15 Å². The standard InChI is InChI=1S/C19H16ClFN2O2/c1-13-16(19(20)23(22-13)15-8-3-2-4-9-15)12-25-18(24)11-14-7-5-6-10-17(14)21/h2-10H,11-12H2,1H3. The number of carbonyl (C=O) groups is 1. The molecule has 0 radical (unpaired) electrons. The Hall–Kier alpha value is -2.66. The van der Waals surface area contributed by atoms with Gasteiger partial charge in [-0.05, 0) is 30.7 Å². The summed E-state index contributed by atoms with van der Waals surface area (Å²) in [5, 5.41) is 4.78. The third-order valence-corrected chi connectivity index (χ3v) is 4.18. The molecule has 1 heterocycles. The van der Waals surface area contributed by atoms with E-state index in [1.807, 2.05) is 30.3 Å². The van der Waals surface area contributed by atoms with E-state index in [2.05, 4.69) is 5.10 Å². The molecule has 4 nitrogen and oxygen atoms in total. The van der Waals surface area contributed by atoms with Crippen molar-refractivity contribution in [2.24, 2.45) is 0 Å². The van der Waals surface area contributed by atoms with E-state index < -0.39 is 11.8 Å². The fourth-order valence-electron chi connectivity index (χ4n) is 2.44. The number of ether oxygens (including phenoxy) is 1. The summed E-state index contributed by atoms with van der Waals surface area (Å²) in [4.78, 5) is 12.0. The van der Waals surface area contributed by atoms with Crippen molar-refractivity contribution in [2.75, 3.05) is 0 Å². The first kappa shape index (κ1) is 17.2. The molecule has 128 valence electrons. The molecule has 1 aromatic heterocycles. The number of para-hydroxylation sites is 1. The third kappa shape index (κ3) is 3.88. The van der Waals surface area contributed by atoms with Gasteiger partial charge in [-0.2, -0.15) is 5.10 Å².